The van der Waals surface area contributed by atoms with Gasteiger partial charge in [0, 0.05) is 37.3 Å². The van der Waals surface area contributed by atoms with Gasteiger partial charge in [-0.05, 0) is 55.7 Å². The first-order valence-electron chi connectivity index (χ1n) is 11.2. The zero-order chi connectivity index (χ0) is 21.9. The van der Waals surface area contributed by atoms with E-state index >= 15 is 0 Å². The fourth-order valence-corrected chi connectivity index (χ4v) is 4.56. The second-order valence-electron chi connectivity index (χ2n) is 10.4. The molecule has 0 aromatic carbocycles. The molecule has 0 unspecified atom stereocenters. The predicted molar refractivity (Wildman–Crippen MR) is 121 cm³/mol. The summed E-state index contributed by atoms with van der Waals surface area (Å²) in [7, 11) is 2.21. The number of hydrogen-bond donors (Lipinski definition) is 0. The maximum atomic E-state index is 5.99. The van der Waals surface area contributed by atoms with E-state index in [1.54, 1.807) is 0 Å². The third-order valence-corrected chi connectivity index (χ3v) is 6.31. The van der Waals surface area contributed by atoms with E-state index < -0.39 is 0 Å². The lowest BCUT2D eigenvalue weighted by Gasteiger charge is -2.38. The molecule has 0 N–H and O–H groups in total. The van der Waals surface area contributed by atoms with Crippen LogP contribution < -0.4 is 0 Å². The molecule has 0 amide bonds. The summed E-state index contributed by atoms with van der Waals surface area (Å²) in [6.45, 7) is 15.3. The Bertz CT molecular complexity index is 834. The normalized spacial score (nSPS) is 22.6. The second kappa shape index (κ2) is 9.42. The van der Waals surface area contributed by atoms with Crippen molar-refractivity contribution in [2.45, 2.75) is 66.3 Å². The molecule has 1 aliphatic rings. The molecule has 164 valence electrons. The fraction of sp³-hybridized carbons (Fsp3) is 0.640. The zero-order valence-corrected chi connectivity index (χ0v) is 19.7. The highest BCUT2D eigenvalue weighted by Gasteiger charge is 2.33. The van der Waals surface area contributed by atoms with Crippen LogP contribution >= 0.6 is 0 Å². The van der Waals surface area contributed by atoms with Gasteiger partial charge in [0.15, 0.2) is 0 Å². The molecule has 3 atom stereocenters. The van der Waals surface area contributed by atoms with E-state index in [0.717, 1.165) is 31.3 Å². The lowest BCUT2D eigenvalue weighted by atomic mass is 9.69. The Labute approximate surface area is 182 Å². The lowest BCUT2D eigenvalue weighted by molar-refractivity contribution is 0.172. The van der Waals surface area contributed by atoms with Crippen molar-refractivity contribution in [2.75, 3.05) is 13.6 Å². The van der Waals surface area contributed by atoms with Crippen LogP contribution in [0.4, 0.5) is 0 Å². The Morgan fingerprint density at radius 2 is 2.00 bits per heavy atom. The molecular formula is C25H38N4O. The first-order chi connectivity index (χ1) is 14.1. The maximum Gasteiger partial charge on any atom is 0.221 e. The van der Waals surface area contributed by atoms with Crippen LogP contribution in [0.25, 0.3) is 0 Å². The molecule has 0 bridgehead atoms. The summed E-state index contributed by atoms with van der Waals surface area (Å²) in [6.07, 6.45) is 8.33. The molecule has 0 spiro atoms. The van der Waals surface area contributed by atoms with E-state index in [9.17, 15) is 0 Å². The lowest BCUT2D eigenvalue weighted by Crippen LogP contribution is -2.35. The quantitative estimate of drug-likeness (QED) is 0.580. The van der Waals surface area contributed by atoms with Crippen LogP contribution in [0.15, 0.2) is 40.6 Å². The highest BCUT2D eigenvalue weighted by Crippen LogP contribution is 2.39. The first kappa shape index (κ1) is 22.7. The zero-order valence-electron chi connectivity index (χ0n) is 19.7. The predicted octanol–water partition coefficient (Wildman–Crippen LogP) is 5.29. The van der Waals surface area contributed by atoms with E-state index in [2.05, 4.69) is 80.8 Å². The van der Waals surface area contributed by atoms with Crippen LogP contribution in [-0.4, -0.2) is 33.7 Å². The molecule has 2 aromatic rings. The minimum atomic E-state index is -0.104. The van der Waals surface area contributed by atoms with Crippen molar-refractivity contribution in [3.05, 3.63) is 53.5 Å². The van der Waals surface area contributed by atoms with E-state index in [1.807, 2.05) is 18.5 Å². The number of pyridine rings is 1. The number of aromatic nitrogens is 3. The maximum absolute atomic E-state index is 5.99. The largest absolute Gasteiger partial charge is 0.425 e. The molecule has 5 heteroatoms. The molecular weight excluding hydrogens is 372 g/mol. The van der Waals surface area contributed by atoms with E-state index in [0.29, 0.717) is 23.7 Å². The molecule has 5 nitrogen and oxygen atoms in total. The molecule has 30 heavy (non-hydrogen) atoms. The van der Waals surface area contributed by atoms with E-state index in [1.165, 1.54) is 17.6 Å². The molecule has 2 aromatic heterocycles. The van der Waals surface area contributed by atoms with Crippen LogP contribution in [0, 0.1) is 23.7 Å². The van der Waals surface area contributed by atoms with Crippen molar-refractivity contribution in [3.63, 3.8) is 0 Å². The Morgan fingerprint density at radius 1 is 1.23 bits per heavy atom. The van der Waals surface area contributed by atoms with Gasteiger partial charge in [0.2, 0.25) is 11.8 Å². The average Bonchev–Trinajstić information content (AvgIpc) is 3.13. The van der Waals surface area contributed by atoms with Crippen LogP contribution in [0.3, 0.4) is 0 Å². The van der Waals surface area contributed by atoms with Crippen molar-refractivity contribution in [1.29, 1.82) is 0 Å². The summed E-state index contributed by atoms with van der Waals surface area (Å²) >= 11 is 0. The molecule has 3 rings (SSSR count). The highest BCUT2D eigenvalue weighted by molar-refractivity contribution is 5.15. The van der Waals surface area contributed by atoms with Crippen LogP contribution in [-0.2, 0) is 18.4 Å². The minimum absolute atomic E-state index is 0.104. The number of hydrogen-bond acceptors (Lipinski definition) is 5. The Kier molecular flexibility index (Phi) is 7.12. The second-order valence-corrected chi connectivity index (χ2v) is 10.4. The first-order valence-corrected chi connectivity index (χ1v) is 11.2. The molecule has 0 radical (unpaired) electrons. The van der Waals surface area contributed by atoms with Gasteiger partial charge in [-0.1, -0.05) is 52.3 Å². The third-order valence-electron chi connectivity index (χ3n) is 6.31. The standard InChI is InChI=1S/C25H38N4O/c1-17(2)22-12-20(13-23-27-28-24(30-23)25(4,5)6)18(3)11-21(22)16-29(7)15-19-9-8-10-26-14-19/h8-11,14,17,20-22H,12-13,15-16H2,1-7H3/t20-,21-,22-/m0/s1. The Morgan fingerprint density at radius 3 is 2.60 bits per heavy atom. The van der Waals surface area contributed by atoms with Gasteiger partial charge in [0.25, 0.3) is 0 Å². The van der Waals surface area contributed by atoms with Gasteiger partial charge in [-0.2, -0.15) is 0 Å². The van der Waals surface area contributed by atoms with E-state index in [4.69, 9.17) is 4.42 Å². The van der Waals surface area contributed by atoms with Gasteiger partial charge >= 0.3 is 0 Å². The monoisotopic (exact) mass is 410 g/mol. The van der Waals surface area contributed by atoms with Crippen molar-refractivity contribution in [3.8, 4) is 0 Å². The van der Waals surface area contributed by atoms with Crippen molar-refractivity contribution in [2.24, 2.45) is 23.7 Å². The molecule has 0 saturated heterocycles. The summed E-state index contributed by atoms with van der Waals surface area (Å²) < 4.78 is 5.99. The van der Waals surface area contributed by atoms with Crippen molar-refractivity contribution < 1.29 is 4.42 Å². The fourth-order valence-electron chi connectivity index (χ4n) is 4.56. The number of allylic oxidation sites excluding steroid dienone is 1. The average molecular weight is 411 g/mol. The van der Waals surface area contributed by atoms with Gasteiger partial charge in [0.05, 0.1) is 0 Å². The van der Waals surface area contributed by atoms with Gasteiger partial charge in [0.1, 0.15) is 0 Å². The molecule has 0 saturated carbocycles. The molecule has 1 aliphatic carbocycles. The van der Waals surface area contributed by atoms with Crippen LogP contribution in [0.1, 0.15) is 65.3 Å². The minimum Gasteiger partial charge on any atom is -0.425 e. The summed E-state index contributed by atoms with van der Waals surface area (Å²) in [6, 6.07) is 4.16. The Hall–Kier alpha value is -2.01. The van der Waals surface area contributed by atoms with Crippen molar-refractivity contribution in [1.82, 2.24) is 20.1 Å². The summed E-state index contributed by atoms with van der Waals surface area (Å²) in [5, 5.41) is 8.62. The number of nitrogens with zero attached hydrogens (tertiary/aromatic N) is 4. The topological polar surface area (TPSA) is 55.1 Å². The van der Waals surface area contributed by atoms with Gasteiger partial charge < -0.3 is 9.32 Å². The van der Waals surface area contributed by atoms with Crippen LogP contribution in [0.2, 0.25) is 0 Å². The molecule has 0 fully saturated rings. The van der Waals surface area contributed by atoms with Crippen LogP contribution in [0.5, 0.6) is 0 Å². The molecule has 2 heterocycles. The summed E-state index contributed by atoms with van der Waals surface area (Å²) in [5.74, 6) is 3.83. The highest BCUT2D eigenvalue weighted by atomic mass is 16.4. The molecule has 0 aliphatic heterocycles. The Balaban J connectivity index is 1.69. The number of rotatable bonds is 7. The summed E-state index contributed by atoms with van der Waals surface area (Å²) in [5.41, 5.74) is 2.62. The van der Waals surface area contributed by atoms with Gasteiger partial charge in [-0.25, -0.2) is 0 Å². The summed E-state index contributed by atoms with van der Waals surface area (Å²) in [4.78, 5) is 6.67. The smallest absolute Gasteiger partial charge is 0.221 e. The SMILES string of the molecule is CC1=C[C@@H](CN(C)Cc2cccnc2)[C@H](C(C)C)C[C@H]1Cc1nnc(C(C)(C)C)o1. The van der Waals surface area contributed by atoms with Crippen molar-refractivity contribution >= 4 is 0 Å². The van der Waals surface area contributed by atoms with Gasteiger partial charge in [-0.15, -0.1) is 10.2 Å². The van der Waals surface area contributed by atoms with E-state index in [-0.39, 0.29) is 5.41 Å². The van der Waals surface area contributed by atoms with Gasteiger partial charge in [-0.3, -0.25) is 4.98 Å². The third kappa shape index (κ3) is 5.78.